The highest BCUT2D eigenvalue weighted by Crippen LogP contribution is 2.20. The second-order valence-corrected chi connectivity index (χ2v) is 6.95. The summed E-state index contributed by atoms with van der Waals surface area (Å²) in [5.41, 5.74) is 2.56. The fraction of sp³-hybridized carbons (Fsp3) is 0.571. The molecule has 19 heavy (non-hydrogen) atoms. The largest absolute Gasteiger partial charge is 0.273 e. The Balaban J connectivity index is 2.06. The molecule has 0 aliphatic heterocycles. The minimum Gasteiger partial charge on any atom is -0.273 e. The van der Waals surface area contributed by atoms with Crippen LogP contribution in [0.4, 0.5) is 0 Å². The van der Waals surface area contributed by atoms with Crippen LogP contribution in [0.25, 0.3) is 0 Å². The number of thiophene rings is 1. The van der Waals surface area contributed by atoms with E-state index in [2.05, 4.69) is 33.4 Å². The quantitative estimate of drug-likeness (QED) is 0.393. The third-order valence-corrected chi connectivity index (χ3v) is 4.29. The van der Waals surface area contributed by atoms with Crippen LogP contribution in [-0.2, 0) is 4.79 Å². The summed E-state index contributed by atoms with van der Waals surface area (Å²) in [7, 11) is 0. The molecule has 0 saturated carbocycles. The fourth-order valence-corrected chi connectivity index (χ4v) is 2.98. The minimum atomic E-state index is 0.00219. The van der Waals surface area contributed by atoms with Gasteiger partial charge in [-0.25, -0.2) is 5.43 Å². The van der Waals surface area contributed by atoms with Crippen LogP contribution in [0.1, 0.15) is 56.7 Å². The van der Waals surface area contributed by atoms with Crippen LogP contribution in [0.3, 0.4) is 0 Å². The average molecular weight is 345 g/mol. The highest BCUT2D eigenvalue weighted by Gasteiger charge is 1.99. The lowest BCUT2D eigenvalue weighted by Gasteiger charge is -2.00. The van der Waals surface area contributed by atoms with Gasteiger partial charge in [0.05, 0.1) is 10.0 Å². The van der Waals surface area contributed by atoms with E-state index in [-0.39, 0.29) is 5.91 Å². The van der Waals surface area contributed by atoms with Gasteiger partial charge < -0.3 is 0 Å². The number of unbranched alkanes of at least 4 members (excludes halogenated alkanes) is 5. The molecule has 106 valence electrons. The number of halogens is 1. The lowest BCUT2D eigenvalue weighted by Crippen LogP contribution is -2.16. The average Bonchev–Trinajstić information content (AvgIpc) is 2.79. The number of hydrogen-bond acceptors (Lipinski definition) is 3. The third kappa shape index (κ3) is 8.16. The Bertz CT molecular complexity index is 404. The first-order chi connectivity index (χ1) is 9.22. The van der Waals surface area contributed by atoms with E-state index < -0.39 is 0 Å². The van der Waals surface area contributed by atoms with Gasteiger partial charge in [-0.3, -0.25) is 4.79 Å². The van der Waals surface area contributed by atoms with Gasteiger partial charge >= 0.3 is 0 Å². The summed E-state index contributed by atoms with van der Waals surface area (Å²) >= 11 is 4.97. The summed E-state index contributed by atoms with van der Waals surface area (Å²) < 4.78 is 1.06. The van der Waals surface area contributed by atoms with Crippen molar-refractivity contribution in [2.24, 2.45) is 5.10 Å². The van der Waals surface area contributed by atoms with E-state index in [4.69, 9.17) is 0 Å². The molecule has 0 bridgehead atoms. The first-order valence-corrected chi connectivity index (χ1v) is 8.40. The zero-order chi connectivity index (χ0) is 13.9. The first-order valence-electron chi connectivity index (χ1n) is 6.79. The molecule has 0 saturated heterocycles. The Morgan fingerprint density at radius 1 is 1.32 bits per heavy atom. The number of hydrogen-bond donors (Lipinski definition) is 1. The molecule has 1 aromatic rings. The van der Waals surface area contributed by atoms with E-state index in [1.165, 1.54) is 25.7 Å². The summed E-state index contributed by atoms with van der Waals surface area (Å²) in [6.07, 6.45) is 9.40. The Kier molecular flexibility index (Phi) is 8.75. The van der Waals surface area contributed by atoms with Gasteiger partial charge in [-0.2, -0.15) is 5.10 Å². The number of carbonyl (C=O) groups is 1. The zero-order valence-electron chi connectivity index (χ0n) is 11.3. The van der Waals surface area contributed by atoms with Gasteiger partial charge in [-0.05, 0) is 34.5 Å². The Morgan fingerprint density at radius 3 is 2.74 bits per heavy atom. The van der Waals surface area contributed by atoms with Gasteiger partial charge in [-0.1, -0.05) is 39.0 Å². The van der Waals surface area contributed by atoms with Crippen molar-refractivity contribution in [3.63, 3.8) is 0 Å². The number of carbonyl (C=O) groups excluding carboxylic acids is 1. The lowest BCUT2D eigenvalue weighted by molar-refractivity contribution is -0.121. The molecule has 0 fully saturated rings. The molecule has 3 nitrogen and oxygen atoms in total. The van der Waals surface area contributed by atoms with Gasteiger partial charge in [0, 0.05) is 11.3 Å². The van der Waals surface area contributed by atoms with Crippen LogP contribution in [0.5, 0.6) is 0 Å². The predicted octanol–water partition coefficient (Wildman–Crippen LogP) is 4.71. The maximum Gasteiger partial charge on any atom is 0.240 e. The van der Waals surface area contributed by atoms with Crippen molar-refractivity contribution in [3.05, 3.63) is 20.8 Å². The molecule has 0 aromatic carbocycles. The van der Waals surface area contributed by atoms with E-state index in [1.54, 1.807) is 17.6 Å². The maximum absolute atomic E-state index is 11.5. The smallest absolute Gasteiger partial charge is 0.240 e. The monoisotopic (exact) mass is 344 g/mol. The van der Waals surface area contributed by atoms with Crippen LogP contribution < -0.4 is 5.43 Å². The summed E-state index contributed by atoms with van der Waals surface area (Å²) in [6.45, 7) is 2.21. The van der Waals surface area contributed by atoms with Crippen LogP contribution in [0, 0.1) is 0 Å². The van der Waals surface area contributed by atoms with Crippen LogP contribution in [0.2, 0.25) is 0 Å². The standard InChI is InChI=1S/C14H21BrN2OS/c1-2-3-4-5-6-7-8-14(18)17-16-11-12-9-10-13(15)19-12/h9-11H,2-8H2,1H3,(H,17,18). The number of hydrazone groups is 1. The molecule has 5 heteroatoms. The second-order valence-electron chi connectivity index (χ2n) is 4.45. The SMILES string of the molecule is CCCCCCCCC(=O)NN=Cc1ccc(Br)s1. The molecule has 0 radical (unpaired) electrons. The van der Waals surface area contributed by atoms with Gasteiger partial charge in [-0.15, -0.1) is 11.3 Å². The van der Waals surface area contributed by atoms with E-state index in [1.807, 2.05) is 12.1 Å². The van der Waals surface area contributed by atoms with Crippen LogP contribution in [-0.4, -0.2) is 12.1 Å². The first kappa shape index (κ1) is 16.4. The Hall–Kier alpha value is -0.680. The fourth-order valence-electron chi connectivity index (χ4n) is 1.69. The molecule has 0 aliphatic rings. The molecule has 1 rings (SSSR count). The molecule has 0 aliphatic carbocycles. The van der Waals surface area contributed by atoms with Crippen molar-refractivity contribution in [2.75, 3.05) is 0 Å². The second kappa shape index (κ2) is 10.1. The highest BCUT2D eigenvalue weighted by atomic mass is 79.9. The normalized spacial score (nSPS) is 11.1. The summed E-state index contributed by atoms with van der Waals surface area (Å²) in [6, 6.07) is 3.92. The summed E-state index contributed by atoms with van der Waals surface area (Å²) in [5, 5.41) is 3.95. The summed E-state index contributed by atoms with van der Waals surface area (Å²) in [4.78, 5) is 12.5. The van der Waals surface area contributed by atoms with Crippen LogP contribution in [0.15, 0.2) is 21.0 Å². The van der Waals surface area contributed by atoms with Gasteiger partial charge in [0.2, 0.25) is 5.91 Å². The molecule has 0 unspecified atom stereocenters. The molecule has 1 N–H and O–H groups in total. The minimum absolute atomic E-state index is 0.00219. The number of nitrogens with zero attached hydrogens (tertiary/aromatic N) is 1. The van der Waals surface area contributed by atoms with E-state index in [0.717, 1.165) is 21.5 Å². The van der Waals surface area contributed by atoms with Crippen molar-refractivity contribution in [1.82, 2.24) is 5.43 Å². The van der Waals surface area contributed by atoms with E-state index in [9.17, 15) is 4.79 Å². The van der Waals surface area contributed by atoms with E-state index >= 15 is 0 Å². The molecule has 1 heterocycles. The van der Waals surface area contributed by atoms with Gasteiger partial charge in [0.15, 0.2) is 0 Å². The molecule has 1 amide bonds. The number of rotatable bonds is 9. The highest BCUT2D eigenvalue weighted by molar-refractivity contribution is 9.11. The maximum atomic E-state index is 11.5. The summed E-state index contributed by atoms with van der Waals surface area (Å²) in [5.74, 6) is 0.00219. The third-order valence-electron chi connectivity index (χ3n) is 2.73. The predicted molar refractivity (Wildman–Crippen MR) is 85.7 cm³/mol. The van der Waals surface area contributed by atoms with Gasteiger partial charge in [0.25, 0.3) is 0 Å². The van der Waals surface area contributed by atoms with Gasteiger partial charge in [0.1, 0.15) is 0 Å². The van der Waals surface area contributed by atoms with Crippen LogP contribution >= 0.6 is 27.3 Å². The van der Waals surface area contributed by atoms with Crippen molar-refractivity contribution in [2.45, 2.75) is 51.9 Å². The molecular weight excluding hydrogens is 324 g/mol. The van der Waals surface area contributed by atoms with Crippen molar-refractivity contribution < 1.29 is 4.79 Å². The van der Waals surface area contributed by atoms with Crippen molar-refractivity contribution >= 4 is 39.4 Å². The Morgan fingerprint density at radius 2 is 2.05 bits per heavy atom. The Labute approximate surface area is 127 Å². The number of nitrogens with one attached hydrogen (secondary N) is 1. The topological polar surface area (TPSA) is 41.5 Å². The zero-order valence-corrected chi connectivity index (χ0v) is 13.7. The molecule has 0 spiro atoms. The molecule has 0 atom stereocenters. The molecular formula is C14H21BrN2OS. The van der Waals surface area contributed by atoms with Crippen molar-refractivity contribution in [1.29, 1.82) is 0 Å². The lowest BCUT2D eigenvalue weighted by atomic mass is 10.1. The molecule has 1 aromatic heterocycles. The number of amides is 1. The van der Waals surface area contributed by atoms with E-state index in [0.29, 0.717) is 6.42 Å². The van der Waals surface area contributed by atoms with Crippen molar-refractivity contribution in [3.8, 4) is 0 Å².